The fourth-order valence-corrected chi connectivity index (χ4v) is 3.68. The number of nitrogens with zero attached hydrogens (tertiary/aromatic N) is 1. The van der Waals surface area contributed by atoms with Gasteiger partial charge >= 0.3 is 11.8 Å². The zero-order valence-corrected chi connectivity index (χ0v) is 15.5. The third kappa shape index (κ3) is 5.91. The van der Waals surface area contributed by atoms with Crippen molar-refractivity contribution in [1.29, 1.82) is 0 Å². The number of nitrogens with one attached hydrogen (secondary N) is 2. The van der Waals surface area contributed by atoms with Gasteiger partial charge in [-0.1, -0.05) is 26.7 Å². The third-order valence-corrected chi connectivity index (χ3v) is 5.04. The summed E-state index contributed by atoms with van der Waals surface area (Å²) >= 11 is 1.67. The molecular weight excluding hydrogens is 322 g/mol. The topological polar surface area (TPSA) is 61.4 Å². The molecule has 0 bridgehead atoms. The van der Waals surface area contributed by atoms with Crippen molar-refractivity contribution in [3.63, 3.8) is 0 Å². The van der Waals surface area contributed by atoms with E-state index in [1.807, 2.05) is 13.8 Å². The van der Waals surface area contributed by atoms with E-state index in [1.54, 1.807) is 11.3 Å². The first-order chi connectivity index (χ1) is 11.6. The maximum absolute atomic E-state index is 12.0. The minimum absolute atomic E-state index is 0.149. The number of hydrogen-bond acceptors (Lipinski definition) is 4. The number of amides is 2. The maximum Gasteiger partial charge on any atom is 0.309 e. The Labute approximate surface area is 148 Å². The molecule has 134 valence electrons. The van der Waals surface area contributed by atoms with Crippen LogP contribution in [-0.4, -0.2) is 42.9 Å². The lowest BCUT2D eigenvalue weighted by atomic mass is 10.1. The molecule has 6 heteroatoms. The summed E-state index contributed by atoms with van der Waals surface area (Å²) in [5, 5.41) is 9.70. The summed E-state index contributed by atoms with van der Waals surface area (Å²) in [4.78, 5) is 26.3. The Morgan fingerprint density at radius 2 is 1.71 bits per heavy atom. The van der Waals surface area contributed by atoms with Crippen molar-refractivity contribution in [1.82, 2.24) is 15.5 Å². The SMILES string of the molecule is CC(C)CNC(=O)C(=O)NCC(c1ccsc1)N1CCCCCC1. The van der Waals surface area contributed by atoms with Gasteiger partial charge in [0.25, 0.3) is 0 Å². The molecule has 1 atom stereocenters. The van der Waals surface area contributed by atoms with Gasteiger partial charge in [-0.3, -0.25) is 14.5 Å². The Hall–Kier alpha value is -1.40. The highest BCUT2D eigenvalue weighted by Gasteiger charge is 2.23. The molecular formula is C18H29N3O2S. The van der Waals surface area contributed by atoms with Crippen LogP contribution in [0.25, 0.3) is 0 Å². The molecule has 5 nitrogen and oxygen atoms in total. The van der Waals surface area contributed by atoms with Gasteiger partial charge in [-0.15, -0.1) is 0 Å². The molecule has 2 N–H and O–H groups in total. The Morgan fingerprint density at radius 1 is 1.08 bits per heavy atom. The van der Waals surface area contributed by atoms with Gasteiger partial charge in [-0.05, 0) is 54.2 Å². The normalized spacial score (nSPS) is 17.3. The highest BCUT2D eigenvalue weighted by Crippen LogP contribution is 2.25. The summed E-state index contributed by atoms with van der Waals surface area (Å²) in [6, 6.07) is 2.27. The Kier molecular flexibility index (Phi) is 7.72. The van der Waals surface area contributed by atoms with Crippen molar-refractivity contribution in [2.24, 2.45) is 5.92 Å². The Balaban J connectivity index is 1.93. The molecule has 2 rings (SSSR count). The zero-order valence-electron chi connectivity index (χ0n) is 14.7. The molecule has 0 saturated carbocycles. The predicted octanol–water partition coefficient (Wildman–Crippen LogP) is 2.55. The molecule has 0 spiro atoms. The van der Waals surface area contributed by atoms with E-state index in [2.05, 4.69) is 32.4 Å². The first-order valence-corrected chi connectivity index (χ1v) is 9.84. The molecule has 0 radical (unpaired) electrons. The quantitative estimate of drug-likeness (QED) is 0.774. The van der Waals surface area contributed by atoms with Gasteiger partial charge < -0.3 is 10.6 Å². The zero-order chi connectivity index (χ0) is 17.4. The number of likely N-dealkylation sites (tertiary alicyclic amines) is 1. The van der Waals surface area contributed by atoms with Crippen LogP contribution in [0.3, 0.4) is 0 Å². The van der Waals surface area contributed by atoms with Gasteiger partial charge in [0.1, 0.15) is 0 Å². The molecule has 0 aromatic carbocycles. The predicted molar refractivity (Wildman–Crippen MR) is 98.0 cm³/mol. The van der Waals surface area contributed by atoms with Crippen molar-refractivity contribution < 1.29 is 9.59 Å². The van der Waals surface area contributed by atoms with E-state index in [9.17, 15) is 9.59 Å². The maximum atomic E-state index is 12.0. The average molecular weight is 352 g/mol. The fraction of sp³-hybridized carbons (Fsp3) is 0.667. The van der Waals surface area contributed by atoms with Crippen LogP contribution >= 0.6 is 11.3 Å². The molecule has 1 aliphatic rings. The van der Waals surface area contributed by atoms with Crippen LogP contribution in [-0.2, 0) is 9.59 Å². The Morgan fingerprint density at radius 3 is 2.25 bits per heavy atom. The highest BCUT2D eigenvalue weighted by atomic mass is 32.1. The summed E-state index contributed by atoms with van der Waals surface area (Å²) in [6.45, 7) is 7.11. The lowest BCUT2D eigenvalue weighted by Crippen LogP contribution is -2.45. The minimum Gasteiger partial charge on any atom is -0.348 e. The summed E-state index contributed by atoms with van der Waals surface area (Å²) in [7, 11) is 0. The average Bonchev–Trinajstić information content (AvgIpc) is 2.95. The van der Waals surface area contributed by atoms with Crippen LogP contribution in [0, 0.1) is 5.92 Å². The number of rotatable bonds is 6. The van der Waals surface area contributed by atoms with E-state index in [0.717, 1.165) is 13.1 Å². The summed E-state index contributed by atoms with van der Waals surface area (Å²) in [5.41, 5.74) is 1.23. The number of hydrogen-bond donors (Lipinski definition) is 2. The van der Waals surface area contributed by atoms with Crippen molar-refractivity contribution in [3.8, 4) is 0 Å². The molecule has 1 aliphatic heterocycles. The molecule has 1 aromatic rings. The van der Waals surface area contributed by atoms with Crippen LogP contribution in [0.1, 0.15) is 51.1 Å². The third-order valence-electron chi connectivity index (χ3n) is 4.34. The van der Waals surface area contributed by atoms with Gasteiger partial charge in [0, 0.05) is 13.1 Å². The first kappa shape index (κ1) is 18.9. The van der Waals surface area contributed by atoms with Gasteiger partial charge in [0.2, 0.25) is 0 Å². The first-order valence-electron chi connectivity index (χ1n) is 8.90. The van der Waals surface area contributed by atoms with E-state index in [4.69, 9.17) is 0 Å². The van der Waals surface area contributed by atoms with Crippen LogP contribution in [0.15, 0.2) is 16.8 Å². The summed E-state index contributed by atoms with van der Waals surface area (Å²) in [6.07, 6.45) is 4.95. The lowest BCUT2D eigenvalue weighted by Gasteiger charge is -2.30. The molecule has 1 unspecified atom stereocenters. The van der Waals surface area contributed by atoms with E-state index in [-0.39, 0.29) is 6.04 Å². The monoisotopic (exact) mass is 351 g/mol. The van der Waals surface area contributed by atoms with Crippen molar-refractivity contribution >= 4 is 23.2 Å². The van der Waals surface area contributed by atoms with Gasteiger partial charge in [0.05, 0.1) is 6.04 Å². The second-order valence-corrected chi connectivity index (χ2v) is 7.62. The van der Waals surface area contributed by atoms with Gasteiger partial charge in [-0.2, -0.15) is 11.3 Å². The second kappa shape index (κ2) is 9.79. The van der Waals surface area contributed by atoms with Crippen LogP contribution in [0.4, 0.5) is 0 Å². The molecule has 1 aromatic heterocycles. The second-order valence-electron chi connectivity index (χ2n) is 6.84. The summed E-state index contributed by atoms with van der Waals surface area (Å²) < 4.78 is 0. The van der Waals surface area contributed by atoms with Gasteiger partial charge in [-0.25, -0.2) is 0 Å². The van der Waals surface area contributed by atoms with Crippen molar-refractivity contribution in [2.45, 2.75) is 45.6 Å². The van der Waals surface area contributed by atoms with Crippen LogP contribution < -0.4 is 10.6 Å². The molecule has 24 heavy (non-hydrogen) atoms. The highest BCUT2D eigenvalue weighted by molar-refractivity contribution is 7.07. The molecule has 0 aliphatic carbocycles. The molecule has 2 amide bonds. The lowest BCUT2D eigenvalue weighted by molar-refractivity contribution is -0.139. The smallest absolute Gasteiger partial charge is 0.309 e. The summed E-state index contributed by atoms with van der Waals surface area (Å²) in [5.74, 6) is -0.744. The fourth-order valence-electron chi connectivity index (χ4n) is 2.98. The minimum atomic E-state index is -0.538. The van der Waals surface area contributed by atoms with E-state index in [1.165, 1.54) is 31.2 Å². The number of thiophene rings is 1. The number of carbonyl (C=O) groups excluding carboxylic acids is 2. The van der Waals surface area contributed by atoms with Crippen LogP contribution in [0.5, 0.6) is 0 Å². The largest absolute Gasteiger partial charge is 0.348 e. The Bertz CT molecular complexity index is 508. The van der Waals surface area contributed by atoms with Crippen molar-refractivity contribution in [3.05, 3.63) is 22.4 Å². The molecule has 2 heterocycles. The van der Waals surface area contributed by atoms with E-state index in [0.29, 0.717) is 19.0 Å². The molecule has 1 fully saturated rings. The number of carbonyl (C=O) groups is 2. The van der Waals surface area contributed by atoms with Gasteiger partial charge in [0.15, 0.2) is 0 Å². The van der Waals surface area contributed by atoms with E-state index >= 15 is 0 Å². The standard InChI is InChI=1S/C18H29N3O2S/c1-14(2)11-19-17(22)18(23)20-12-16(15-7-10-24-13-15)21-8-5-3-4-6-9-21/h7,10,13-14,16H,3-6,8-9,11-12H2,1-2H3,(H,19,22)(H,20,23). The van der Waals surface area contributed by atoms with Crippen molar-refractivity contribution in [2.75, 3.05) is 26.2 Å². The molecule has 1 saturated heterocycles. The van der Waals surface area contributed by atoms with E-state index < -0.39 is 11.8 Å². The van der Waals surface area contributed by atoms with Crippen LogP contribution in [0.2, 0.25) is 0 Å².